The predicted octanol–water partition coefficient (Wildman–Crippen LogP) is 2.21. The molecule has 3 rings (SSSR count). The van der Waals surface area contributed by atoms with Crippen molar-refractivity contribution in [3.8, 4) is 5.75 Å². The number of hydrogen-bond donors (Lipinski definition) is 1. The third kappa shape index (κ3) is 5.32. The number of carbonyl (C=O) groups is 3. The van der Waals surface area contributed by atoms with Gasteiger partial charge < -0.3 is 20.1 Å². The second kappa shape index (κ2) is 9.36. The maximum Gasteiger partial charge on any atom is 0.311 e. The summed E-state index contributed by atoms with van der Waals surface area (Å²) in [7, 11) is 0. The van der Waals surface area contributed by atoms with Gasteiger partial charge in [-0.2, -0.15) is 0 Å². The maximum absolute atomic E-state index is 12.5. The van der Waals surface area contributed by atoms with Crippen molar-refractivity contribution in [3.05, 3.63) is 52.2 Å². The van der Waals surface area contributed by atoms with Crippen LogP contribution in [0, 0.1) is 5.92 Å². The molecule has 0 saturated carbocycles. The van der Waals surface area contributed by atoms with Crippen molar-refractivity contribution in [3.63, 3.8) is 0 Å². The molecule has 8 heteroatoms. The molecule has 0 bridgehead atoms. The summed E-state index contributed by atoms with van der Waals surface area (Å²) in [6.07, 6.45) is 1.47. The molecule has 0 aliphatic carbocycles. The summed E-state index contributed by atoms with van der Waals surface area (Å²) < 4.78 is 10.7. The van der Waals surface area contributed by atoms with Crippen molar-refractivity contribution in [2.45, 2.75) is 19.4 Å². The van der Waals surface area contributed by atoms with Gasteiger partial charge in [-0.3, -0.25) is 14.4 Å². The number of benzene rings is 1. The topological polar surface area (TPSA) is 98.9 Å². The highest BCUT2D eigenvalue weighted by atomic mass is 32.1. The van der Waals surface area contributed by atoms with Crippen LogP contribution in [-0.4, -0.2) is 42.4 Å². The minimum absolute atomic E-state index is 0.0354. The Morgan fingerprint density at radius 1 is 1.21 bits per heavy atom. The Balaban J connectivity index is 1.52. The van der Waals surface area contributed by atoms with Crippen molar-refractivity contribution in [1.29, 1.82) is 0 Å². The second-order valence-electron chi connectivity index (χ2n) is 6.58. The average Bonchev–Trinajstić information content (AvgIpc) is 3.25. The van der Waals surface area contributed by atoms with Crippen LogP contribution in [-0.2, 0) is 20.9 Å². The molecule has 1 aliphatic heterocycles. The Hall–Kier alpha value is -2.87. The van der Waals surface area contributed by atoms with E-state index >= 15 is 0 Å². The standard InChI is InChI=1S/C20H22N2O5S/c21-18(23)13-26-16-6-1-4-14(10-16)12-27-20(25)15-5-2-8-22(11-15)19(24)17-7-3-9-28-17/h1,3-4,6-7,9-10,15H,2,5,8,11-13H2,(H2,21,23). The summed E-state index contributed by atoms with van der Waals surface area (Å²) >= 11 is 1.40. The first-order valence-corrected chi connectivity index (χ1v) is 9.90. The molecule has 1 aromatic carbocycles. The van der Waals surface area contributed by atoms with Crippen LogP contribution < -0.4 is 10.5 Å². The number of hydrogen-bond acceptors (Lipinski definition) is 6. The summed E-state index contributed by atoms with van der Waals surface area (Å²) in [4.78, 5) is 38.2. The first-order chi connectivity index (χ1) is 13.5. The molecular weight excluding hydrogens is 380 g/mol. The molecule has 28 heavy (non-hydrogen) atoms. The van der Waals surface area contributed by atoms with E-state index in [1.54, 1.807) is 35.2 Å². The minimum atomic E-state index is -0.559. The summed E-state index contributed by atoms with van der Waals surface area (Å²) in [5, 5.41) is 1.87. The van der Waals surface area contributed by atoms with Gasteiger partial charge in [0.25, 0.3) is 11.8 Å². The number of carbonyl (C=O) groups excluding carboxylic acids is 3. The molecule has 2 N–H and O–H groups in total. The van der Waals surface area contributed by atoms with E-state index in [1.807, 2.05) is 11.4 Å². The van der Waals surface area contributed by atoms with Gasteiger partial charge in [-0.25, -0.2) is 0 Å². The molecule has 7 nitrogen and oxygen atoms in total. The number of nitrogens with two attached hydrogens (primary N) is 1. The number of ether oxygens (including phenoxy) is 2. The Labute approximate surface area is 167 Å². The fourth-order valence-electron chi connectivity index (χ4n) is 3.06. The highest BCUT2D eigenvalue weighted by molar-refractivity contribution is 7.12. The number of rotatable bonds is 7. The van der Waals surface area contributed by atoms with Crippen LogP contribution >= 0.6 is 11.3 Å². The zero-order chi connectivity index (χ0) is 19.9. The summed E-state index contributed by atoms with van der Waals surface area (Å²) in [5.74, 6) is -0.751. The van der Waals surface area contributed by atoms with Crippen LogP contribution in [0.25, 0.3) is 0 Å². The Morgan fingerprint density at radius 3 is 2.82 bits per heavy atom. The van der Waals surface area contributed by atoms with Gasteiger partial charge in [-0.1, -0.05) is 18.2 Å². The number of amides is 2. The van der Waals surface area contributed by atoms with E-state index in [0.717, 1.165) is 12.0 Å². The van der Waals surface area contributed by atoms with Crippen LogP contribution in [0.5, 0.6) is 5.75 Å². The van der Waals surface area contributed by atoms with Gasteiger partial charge in [-0.05, 0) is 42.0 Å². The Morgan fingerprint density at radius 2 is 2.07 bits per heavy atom. The largest absolute Gasteiger partial charge is 0.484 e. The number of likely N-dealkylation sites (tertiary alicyclic amines) is 1. The van der Waals surface area contributed by atoms with E-state index in [1.165, 1.54) is 11.3 Å². The molecule has 1 fully saturated rings. The number of nitrogens with zero attached hydrogens (tertiary/aromatic N) is 1. The van der Waals surface area contributed by atoms with Crippen LogP contribution in [0.15, 0.2) is 41.8 Å². The summed E-state index contributed by atoms with van der Waals surface area (Å²) in [6, 6.07) is 10.6. The third-order valence-corrected chi connectivity index (χ3v) is 5.29. The van der Waals surface area contributed by atoms with Crippen molar-refractivity contribution in [2.24, 2.45) is 11.7 Å². The zero-order valence-corrected chi connectivity index (χ0v) is 16.2. The molecule has 1 aromatic heterocycles. The van der Waals surface area contributed by atoms with Crippen LogP contribution in [0.1, 0.15) is 28.1 Å². The van der Waals surface area contributed by atoms with E-state index in [9.17, 15) is 14.4 Å². The fraction of sp³-hybridized carbons (Fsp3) is 0.350. The van der Waals surface area contributed by atoms with E-state index < -0.39 is 5.91 Å². The highest BCUT2D eigenvalue weighted by Gasteiger charge is 2.30. The molecule has 0 spiro atoms. The van der Waals surface area contributed by atoms with Gasteiger partial charge >= 0.3 is 5.97 Å². The second-order valence-corrected chi connectivity index (χ2v) is 7.53. The number of thiophene rings is 1. The Bertz CT molecular complexity index is 837. The van der Waals surface area contributed by atoms with Crippen molar-refractivity contribution in [2.75, 3.05) is 19.7 Å². The summed E-state index contributed by atoms with van der Waals surface area (Å²) in [5.41, 5.74) is 5.81. The average molecular weight is 402 g/mol. The van der Waals surface area contributed by atoms with Crippen LogP contribution in [0.2, 0.25) is 0 Å². The molecule has 148 valence electrons. The van der Waals surface area contributed by atoms with Gasteiger partial charge in [0.2, 0.25) is 0 Å². The normalized spacial score (nSPS) is 16.4. The fourth-order valence-corrected chi connectivity index (χ4v) is 3.75. The molecule has 1 atom stereocenters. The molecular formula is C20H22N2O5S. The van der Waals surface area contributed by atoms with Crippen molar-refractivity contribution < 1.29 is 23.9 Å². The first-order valence-electron chi connectivity index (χ1n) is 9.02. The maximum atomic E-state index is 12.5. The predicted molar refractivity (Wildman–Crippen MR) is 104 cm³/mol. The molecule has 1 aliphatic rings. The van der Waals surface area contributed by atoms with E-state index in [0.29, 0.717) is 30.1 Å². The molecule has 1 unspecified atom stereocenters. The monoisotopic (exact) mass is 402 g/mol. The van der Waals surface area contributed by atoms with E-state index in [4.69, 9.17) is 15.2 Å². The van der Waals surface area contributed by atoms with Gasteiger partial charge in [0.15, 0.2) is 6.61 Å². The number of esters is 1. The quantitative estimate of drug-likeness (QED) is 0.716. The zero-order valence-electron chi connectivity index (χ0n) is 15.3. The lowest BCUT2D eigenvalue weighted by Crippen LogP contribution is -2.42. The summed E-state index contributed by atoms with van der Waals surface area (Å²) in [6.45, 7) is 0.915. The lowest BCUT2D eigenvalue weighted by Gasteiger charge is -2.31. The smallest absolute Gasteiger partial charge is 0.311 e. The third-order valence-electron chi connectivity index (χ3n) is 4.43. The lowest BCUT2D eigenvalue weighted by molar-refractivity contribution is -0.151. The van der Waals surface area contributed by atoms with Gasteiger partial charge in [0.1, 0.15) is 12.4 Å². The molecule has 1 saturated heterocycles. The minimum Gasteiger partial charge on any atom is -0.484 e. The van der Waals surface area contributed by atoms with Gasteiger partial charge in [0, 0.05) is 13.1 Å². The molecule has 2 aromatic rings. The molecule has 2 heterocycles. The van der Waals surface area contributed by atoms with Gasteiger partial charge in [0.05, 0.1) is 10.8 Å². The Kier molecular flexibility index (Phi) is 6.65. The highest BCUT2D eigenvalue weighted by Crippen LogP contribution is 2.22. The van der Waals surface area contributed by atoms with Crippen LogP contribution in [0.4, 0.5) is 0 Å². The molecule has 0 radical (unpaired) electrons. The number of piperidine rings is 1. The van der Waals surface area contributed by atoms with E-state index in [2.05, 4.69) is 0 Å². The molecule has 2 amide bonds. The van der Waals surface area contributed by atoms with Gasteiger partial charge in [-0.15, -0.1) is 11.3 Å². The van der Waals surface area contributed by atoms with Crippen molar-refractivity contribution >= 4 is 29.1 Å². The number of primary amides is 1. The van der Waals surface area contributed by atoms with E-state index in [-0.39, 0.29) is 31.0 Å². The first kappa shape index (κ1) is 19.9. The van der Waals surface area contributed by atoms with Crippen molar-refractivity contribution in [1.82, 2.24) is 4.90 Å². The SMILES string of the molecule is NC(=O)COc1cccc(COC(=O)C2CCCN(C(=O)c3cccs3)C2)c1. The van der Waals surface area contributed by atoms with Crippen LogP contribution in [0.3, 0.4) is 0 Å². The lowest BCUT2D eigenvalue weighted by atomic mass is 9.98.